The first-order valence-electron chi connectivity index (χ1n) is 3.12. The summed E-state index contributed by atoms with van der Waals surface area (Å²) in [5.41, 5.74) is 0. The molecule has 1 aromatic rings. The zero-order valence-electron chi connectivity index (χ0n) is 5.89. The highest BCUT2D eigenvalue weighted by atomic mass is 35.5. The lowest BCUT2D eigenvalue weighted by Gasteiger charge is -2.03. The molecule has 0 aromatic carbocycles. The van der Waals surface area contributed by atoms with Gasteiger partial charge < -0.3 is 0 Å². The third kappa shape index (κ3) is 2.53. The van der Waals surface area contributed by atoms with E-state index in [4.69, 9.17) is 0 Å². The second-order valence-corrected chi connectivity index (χ2v) is 3.68. The van der Waals surface area contributed by atoms with E-state index in [1.165, 1.54) is 11.3 Å². The maximum Gasteiger partial charge on any atom is 0.380 e. The van der Waals surface area contributed by atoms with Crippen molar-refractivity contribution >= 4 is 28.7 Å². The average molecular weight is 211 g/mol. The molecule has 0 radical (unpaired) electrons. The Bertz CT molecular complexity index is 265. The summed E-state index contributed by atoms with van der Waals surface area (Å²) in [6.45, 7) is 0. The topological polar surface area (TPSA) is 17.1 Å². The van der Waals surface area contributed by atoms with Gasteiger partial charge in [0, 0.05) is 11.3 Å². The number of halogens is 3. The Labute approximate surface area is 77.0 Å². The van der Waals surface area contributed by atoms with Crippen molar-refractivity contribution in [2.24, 2.45) is 0 Å². The Kier molecular flexibility index (Phi) is 2.80. The van der Waals surface area contributed by atoms with Crippen LogP contribution in [0.1, 0.15) is 4.88 Å². The Hall–Kier alpha value is -0.480. The lowest BCUT2D eigenvalue weighted by Crippen LogP contribution is -2.22. The van der Waals surface area contributed by atoms with Crippen molar-refractivity contribution in [3.63, 3.8) is 0 Å². The summed E-state index contributed by atoms with van der Waals surface area (Å²) >= 11 is 5.78. The zero-order valence-corrected chi connectivity index (χ0v) is 7.46. The first-order chi connectivity index (χ1) is 5.50. The first-order valence-corrected chi connectivity index (χ1v) is 4.38. The largest absolute Gasteiger partial charge is 0.380 e. The molecule has 0 amide bonds. The highest BCUT2D eigenvalue weighted by molar-refractivity contribution is 7.10. The van der Waals surface area contributed by atoms with Crippen molar-refractivity contribution in [1.29, 1.82) is 0 Å². The van der Waals surface area contributed by atoms with Gasteiger partial charge in [0.1, 0.15) is 0 Å². The fourth-order valence-corrected chi connectivity index (χ4v) is 1.44. The van der Waals surface area contributed by atoms with Crippen LogP contribution in [0.5, 0.6) is 0 Å². The van der Waals surface area contributed by atoms with Crippen LogP contribution in [0.25, 0.3) is 0 Å². The van der Waals surface area contributed by atoms with Crippen LogP contribution < -0.4 is 0 Å². The van der Waals surface area contributed by atoms with Crippen LogP contribution in [0.2, 0.25) is 0 Å². The van der Waals surface area contributed by atoms with Crippen molar-refractivity contribution in [2.45, 2.75) is 11.8 Å². The number of hydrogen-bond acceptors (Lipinski definition) is 2. The summed E-state index contributed by atoms with van der Waals surface area (Å²) in [6, 6.07) is 3.31. The highest BCUT2D eigenvalue weighted by Gasteiger charge is 2.35. The number of Topliss-reactive ketones (excluding diaryl/α,β-unsaturated/α-hetero) is 1. The molecular formula is C7H5ClF2OS. The number of ketones is 1. The fraction of sp³-hybridized carbons (Fsp3) is 0.286. The third-order valence-corrected chi connectivity index (χ3v) is 2.32. The van der Waals surface area contributed by atoms with Gasteiger partial charge in [-0.2, -0.15) is 8.78 Å². The SMILES string of the molecule is O=C(Cc1cccs1)C(F)(F)Cl. The number of hydrogen-bond donors (Lipinski definition) is 0. The number of carbonyl (C=O) groups excluding carboxylic acids is 1. The van der Waals surface area contributed by atoms with Crippen molar-refractivity contribution in [1.82, 2.24) is 0 Å². The minimum Gasteiger partial charge on any atom is -0.291 e. The van der Waals surface area contributed by atoms with Gasteiger partial charge in [-0.15, -0.1) is 11.3 Å². The van der Waals surface area contributed by atoms with Crippen molar-refractivity contribution in [3.05, 3.63) is 22.4 Å². The Morgan fingerprint density at radius 2 is 2.33 bits per heavy atom. The number of carbonyl (C=O) groups is 1. The van der Waals surface area contributed by atoms with Gasteiger partial charge in [0.2, 0.25) is 5.78 Å². The molecule has 0 saturated carbocycles. The molecule has 0 bridgehead atoms. The van der Waals surface area contributed by atoms with E-state index in [9.17, 15) is 13.6 Å². The Morgan fingerprint density at radius 3 is 2.75 bits per heavy atom. The third-order valence-electron chi connectivity index (χ3n) is 1.23. The van der Waals surface area contributed by atoms with E-state index in [0.29, 0.717) is 4.88 Å². The van der Waals surface area contributed by atoms with E-state index in [2.05, 4.69) is 11.6 Å². The quantitative estimate of drug-likeness (QED) is 0.701. The van der Waals surface area contributed by atoms with Gasteiger partial charge >= 0.3 is 5.38 Å². The lowest BCUT2D eigenvalue weighted by molar-refractivity contribution is -0.132. The predicted octanol–water partition coefficient (Wildman–Crippen LogP) is 2.69. The normalized spacial score (nSPS) is 11.6. The number of alkyl halides is 3. The molecule has 0 saturated heterocycles. The van der Waals surface area contributed by atoms with Gasteiger partial charge in [0.15, 0.2) is 0 Å². The van der Waals surface area contributed by atoms with E-state index < -0.39 is 11.2 Å². The molecule has 66 valence electrons. The van der Waals surface area contributed by atoms with Gasteiger partial charge in [-0.05, 0) is 23.0 Å². The molecular weight excluding hydrogens is 206 g/mol. The minimum atomic E-state index is -3.73. The van der Waals surface area contributed by atoms with Crippen molar-refractivity contribution in [2.75, 3.05) is 0 Å². The molecule has 0 fully saturated rings. The molecule has 0 spiro atoms. The zero-order chi connectivity index (χ0) is 9.19. The minimum absolute atomic E-state index is 0.297. The molecule has 0 unspecified atom stereocenters. The summed E-state index contributed by atoms with van der Waals surface area (Å²) in [5.74, 6) is -1.26. The second-order valence-electron chi connectivity index (χ2n) is 2.18. The van der Waals surface area contributed by atoms with E-state index >= 15 is 0 Å². The van der Waals surface area contributed by atoms with Gasteiger partial charge in [0.05, 0.1) is 0 Å². The number of thiophene rings is 1. The smallest absolute Gasteiger partial charge is 0.291 e. The monoisotopic (exact) mass is 210 g/mol. The molecule has 0 aliphatic heterocycles. The van der Waals surface area contributed by atoms with Crippen LogP contribution in [-0.4, -0.2) is 11.2 Å². The first kappa shape index (κ1) is 9.61. The molecule has 1 aromatic heterocycles. The molecule has 12 heavy (non-hydrogen) atoms. The van der Waals surface area contributed by atoms with E-state index in [1.54, 1.807) is 17.5 Å². The average Bonchev–Trinajstić information content (AvgIpc) is 2.37. The Morgan fingerprint density at radius 1 is 1.67 bits per heavy atom. The summed E-state index contributed by atoms with van der Waals surface area (Å²) in [4.78, 5) is 11.3. The van der Waals surface area contributed by atoms with Crippen LogP contribution in [0, 0.1) is 0 Å². The van der Waals surface area contributed by atoms with Crippen molar-refractivity contribution < 1.29 is 13.6 Å². The summed E-state index contributed by atoms with van der Waals surface area (Å²) in [5, 5.41) is -2.01. The lowest BCUT2D eigenvalue weighted by atomic mass is 10.2. The van der Waals surface area contributed by atoms with E-state index in [1.807, 2.05) is 0 Å². The number of rotatable bonds is 3. The molecule has 0 aliphatic carbocycles. The van der Waals surface area contributed by atoms with Crippen LogP contribution in [-0.2, 0) is 11.2 Å². The summed E-state index contributed by atoms with van der Waals surface area (Å²) < 4.78 is 24.3. The standard InChI is InChI=1S/C7H5ClF2OS/c8-7(9,10)6(11)4-5-2-1-3-12-5/h1-3H,4H2. The molecule has 0 atom stereocenters. The maximum absolute atomic E-state index is 12.1. The predicted molar refractivity (Wildman–Crippen MR) is 43.8 cm³/mol. The van der Waals surface area contributed by atoms with Gasteiger partial charge in [-0.3, -0.25) is 4.79 Å². The molecule has 0 aliphatic rings. The summed E-state index contributed by atoms with van der Waals surface area (Å²) in [7, 11) is 0. The van der Waals surface area contributed by atoms with Gasteiger partial charge in [0.25, 0.3) is 0 Å². The van der Waals surface area contributed by atoms with Crippen LogP contribution >= 0.6 is 22.9 Å². The molecule has 1 nitrogen and oxygen atoms in total. The van der Waals surface area contributed by atoms with Crippen molar-refractivity contribution in [3.8, 4) is 0 Å². The molecule has 1 heterocycles. The molecule has 0 N–H and O–H groups in total. The fourth-order valence-electron chi connectivity index (χ4n) is 0.672. The van der Waals surface area contributed by atoms with Crippen LogP contribution in [0.15, 0.2) is 17.5 Å². The second kappa shape index (κ2) is 3.49. The Balaban J connectivity index is 2.60. The van der Waals surface area contributed by atoms with E-state index in [-0.39, 0.29) is 6.42 Å². The molecule has 1 rings (SSSR count). The highest BCUT2D eigenvalue weighted by Crippen LogP contribution is 2.23. The van der Waals surface area contributed by atoms with Crippen LogP contribution in [0.4, 0.5) is 8.78 Å². The van der Waals surface area contributed by atoms with Gasteiger partial charge in [-0.25, -0.2) is 0 Å². The molecule has 5 heteroatoms. The van der Waals surface area contributed by atoms with E-state index in [0.717, 1.165) is 0 Å². The summed E-state index contributed by atoms with van der Waals surface area (Å²) in [6.07, 6.45) is -0.297. The maximum atomic E-state index is 12.1. The van der Waals surface area contributed by atoms with Crippen LogP contribution in [0.3, 0.4) is 0 Å². The van der Waals surface area contributed by atoms with Gasteiger partial charge in [-0.1, -0.05) is 6.07 Å².